The molecule has 0 unspecified atom stereocenters. The molecule has 4 nitrogen and oxygen atoms in total. The zero-order valence-corrected chi connectivity index (χ0v) is 6.93. The summed E-state index contributed by atoms with van der Waals surface area (Å²) >= 11 is 1.53. The molecule has 0 saturated carbocycles. The number of thiazole rings is 1. The van der Waals surface area contributed by atoms with Gasteiger partial charge in [0, 0.05) is 6.92 Å². The molecule has 0 spiro atoms. The molecule has 0 fully saturated rings. The second-order valence-corrected chi connectivity index (χ2v) is 2.84. The average Bonchev–Trinajstić information content (AvgIpc) is 2.37. The number of hydrogen-bond acceptors (Lipinski definition) is 4. The van der Waals surface area contributed by atoms with Crippen LogP contribution in [-0.2, 0) is 16.2 Å². The van der Waals surface area contributed by atoms with Crippen molar-refractivity contribution in [3.8, 4) is 0 Å². The predicted octanol–water partition coefficient (Wildman–Crippen LogP) is -0.239. The molecule has 0 aliphatic heterocycles. The van der Waals surface area contributed by atoms with Crippen LogP contribution in [0.1, 0.15) is 5.69 Å². The number of nitrogens with zero attached hydrogens (tertiary/aromatic N) is 1. The van der Waals surface area contributed by atoms with Gasteiger partial charge in [-0.05, 0) is 0 Å². The van der Waals surface area contributed by atoms with Crippen molar-refractivity contribution >= 4 is 17.3 Å². The van der Waals surface area contributed by atoms with Gasteiger partial charge in [0.15, 0.2) is 5.69 Å². The normalized spacial score (nSPS) is 9.64. The predicted molar refractivity (Wildman–Crippen MR) is 39.5 cm³/mol. The molecule has 5 heteroatoms. The first kappa shape index (κ1) is 8.16. The zero-order valence-electron chi connectivity index (χ0n) is 6.11. The van der Waals surface area contributed by atoms with Crippen molar-refractivity contribution in [1.29, 1.82) is 0 Å². The van der Waals surface area contributed by atoms with Gasteiger partial charge in [0.2, 0.25) is 12.1 Å². The molecule has 1 aromatic heterocycles. The maximum Gasteiger partial charge on any atom is 0.391 e. The van der Waals surface area contributed by atoms with Crippen molar-refractivity contribution in [3.05, 3.63) is 16.6 Å². The Kier molecular flexibility index (Phi) is 2.56. The van der Waals surface area contributed by atoms with E-state index in [1.54, 1.807) is 4.57 Å². The summed E-state index contributed by atoms with van der Waals surface area (Å²) in [5.74, 6) is 4.25. The second-order valence-electron chi connectivity index (χ2n) is 2.12. The Labute approximate surface area is 68.2 Å². The topological polar surface area (TPSA) is 56.2 Å². The van der Waals surface area contributed by atoms with Crippen LogP contribution >= 0.6 is 11.3 Å². The first-order chi connectivity index (χ1) is 5.24. The van der Waals surface area contributed by atoms with Crippen LogP contribution in [0.25, 0.3) is 0 Å². The van der Waals surface area contributed by atoms with Crippen LogP contribution < -0.4 is 10.5 Å². The summed E-state index contributed by atoms with van der Waals surface area (Å²) in [6.07, 6.45) is 0. The highest BCUT2D eigenvalue weighted by molar-refractivity contribution is 7.07. The first-order valence-corrected chi connectivity index (χ1v) is 4.00. The minimum atomic E-state index is -0.434. The molecule has 60 valence electrons. The lowest BCUT2D eigenvalue weighted by Crippen LogP contribution is -2.39. The van der Waals surface area contributed by atoms with Crippen molar-refractivity contribution in [1.82, 2.24) is 0 Å². The Balaban J connectivity index is 2.64. The first-order valence-electron chi connectivity index (χ1n) is 3.06. The minimum absolute atomic E-state index is 0.186. The van der Waals surface area contributed by atoms with E-state index < -0.39 is 5.97 Å². The Morgan fingerprint density at radius 3 is 3.09 bits per heavy atom. The third-order valence-corrected chi connectivity index (χ3v) is 2.16. The van der Waals surface area contributed by atoms with Crippen molar-refractivity contribution in [3.63, 3.8) is 0 Å². The van der Waals surface area contributed by atoms with Gasteiger partial charge in [-0.25, -0.2) is 4.79 Å². The number of carbonyl (C=O) groups excluding carboxylic acids is 1. The van der Waals surface area contributed by atoms with Crippen LogP contribution in [0.5, 0.6) is 0 Å². The van der Waals surface area contributed by atoms with E-state index in [-0.39, 0.29) is 6.54 Å². The minimum Gasteiger partial charge on any atom is -0.369 e. The number of nitrogens with two attached hydrogens (primary N) is 1. The zero-order chi connectivity index (χ0) is 8.27. The molecule has 0 aliphatic rings. The Hall–Kier alpha value is -0.940. The summed E-state index contributed by atoms with van der Waals surface area (Å²) < 4.78 is 1.78. The number of carbonyl (C=O) groups is 1. The molecule has 0 amide bonds. The molecule has 1 aromatic rings. The summed E-state index contributed by atoms with van der Waals surface area (Å²) in [6.45, 7) is 2.10. The highest BCUT2D eigenvalue weighted by atomic mass is 32.1. The molecule has 0 saturated heterocycles. The maximum atomic E-state index is 10.7. The summed E-state index contributed by atoms with van der Waals surface area (Å²) in [4.78, 5) is 14.7. The van der Waals surface area contributed by atoms with Crippen LogP contribution in [0, 0.1) is 6.92 Å². The van der Waals surface area contributed by atoms with Gasteiger partial charge in [-0.1, -0.05) is 11.3 Å². The number of rotatable bonds is 2. The van der Waals surface area contributed by atoms with Crippen LogP contribution in [0.4, 0.5) is 0 Å². The van der Waals surface area contributed by atoms with Gasteiger partial charge in [-0.3, -0.25) is 0 Å². The molecule has 2 N–H and O–H groups in total. The standard InChI is InChI=1S/C6H9N2O2S/c1-5-3-11-4-8(5)2-6(9)10-7/h3-4H,2,7H2,1H3/q+1. The van der Waals surface area contributed by atoms with E-state index in [9.17, 15) is 4.79 Å². The van der Waals surface area contributed by atoms with Gasteiger partial charge in [0.1, 0.15) is 0 Å². The van der Waals surface area contributed by atoms with Gasteiger partial charge < -0.3 is 4.84 Å². The Morgan fingerprint density at radius 1 is 1.91 bits per heavy atom. The van der Waals surface area contributed by atoms with Gasteiger partial charge in [-0.2, -0.15) is 10.5 Å². The molecule has 0 aromatic carbocycles. The summed E-state index contributed by atoms with van der Waals surface area (Å²) in [7, 11) is 0. The fourth-order valence-electron chi connectivity index (χ4n) is 0.692. The second kappa shape index (κ2) is 3.45. The highest BCUT2D eigenvalue weighted by Gasteiger charge is 2.12. The number of aryl methyl sites for hydroxylation is 1. The third-order valence-electron chi connectivity index (χ3n) is 1.31. The third kappa shape index (κ3) is 1.99. The van der Waals surface area contributed by atoms with Crippen LogP contribution in [0.2, 0.25) is 0 Å². The Morgan fingerprint density at radius 2 is 2.64 bits per heavy atom. The molecular weight excluding hydrogens is 164 g/mol. The number of aromatic nitrogens is 1. The van der Waals surface area contributed by atoms with Crippen molar-refractivity contribution in [2.45, 2.75) is 13.5 Å². The van der Waals surface area contributed by atoms with E-state index in [1.807, 2.05) is 17.8 Å². The van der Waals surface area contributed by atoms with Gasteiger partial charge in [0.05, 0.1) is 5.38 Å². The smallest absolute Gasteiger partial charge is 0.369 e. The van der Waals surface area contributed by atoms with E-state index in [2.05, 4.69) is 10.7 Å². The van der Waals surface area contributed by atoms with E-state index in [4.69, 9.17) is 0 Å². The quantitative estimate of drug-likeness (QED) is 0.496. The maximum absolute atomic E-state index is 10.7. The van der Waals surface area contributed by atoms with E-state index >= 15 is 0 Å². The van der Waals surface area contributed by atoms with Crippen molar-refractivity contribution in [2.24, 2.45) is 5.90 Å². The van der Waals surface area contributed by atoms with Crippen molar-refractivity contribution < 1.29 is 14.2 Å². The molecule has 0 aliphatic carbocycles. The summed E-state index contributed by atoms with van der Waals surface area (Å²) in [5.41, 5.74) is 2.87. The van der Waals surface area contributed by atoms with Crippen LogP contribution in [-0.4, -0.2) is 5.97 Å². The van der Waals surface area contributed by atoms with E-state index in [1.165, 1.54) is 11.3 Å². The summed E-state index contributed by atoms with van der Waals surface area (Å²) in [5, 5.41) is 1.95. The van der Waals surface area contributed by atoms with E-state index in [0.29, 0.717) is 0 Å². The SMILES string of the molecule is Cc1csc[n+]1CC(=O)ON. The van der Waals surface area contributed by atoms with Crippen molar-refractivity contribution in [2.75, 3.05) is 0 Å². The molecule has 0 bridgehead atoms. The molecule has 0 atom stereocenters. The summed E-state index contributed by atoms with van der Waals surface area (Å²) in [6, 6.07) is 0. The fraction of sp³-hybridized carbons (Fsp3) is 0.333. The number of hydrogen-bond donors (Lipinski definition) is 1. The van der Waals surface area contributed by atoms with Gasteiger partial charge >= 0.3 is 5.97 Å². The fourth-order valence-corrected chi connectivity index (χ4v) is 1.47. The lowest BCUT2D eigenvalue weighted by molar-refractivity contribution is -0.687. The molecule has 11 heavy (non-hydrogen) atoms. The van der Waals surface area contributed by atoms with Gasteiger partial charge in [-0.15, -0.1) is 0 Å². The lowest BCUT2D eigenvalue weighted by Gasteiger charge is -1.91. The molecule has 1 rings (SSSR count). The molecular formula is C6H9N2O2S+. The van der Waals surface area contributed by atoms with Crippen LogP contribution in [0.3, 0.4) is 0 Å². The monoisotopic (exact) mass is 173 g/mol. The molecule has 0 radical (unpaired) electrons. The van der Waals surface area contributed by atoms with E-state index in [0.717, 1.165) is 5.69 Å². The highest BCUT2D eigenvalue weighted by Crippen LogP contribution is 1.95. The average molecular weight is 173 g/mol. The largest absolute Gasteiger partial charge is 0.391 e. The van der Waals surface area contributed by atoms with Crippen LogP contribution in [0.15, 0.2) is 10.9 Å². The molecule has 1 heterocycles. The Bertz CT molecular complexity index is 259. The lowest BCUT2D eigenvalue weighted by atomic mass is 10.5. The van der Waals surface area contributed by atoms with Gasteiger partial charge in [0.25, 0.3) is 0 Å².